The van der Waals surface area contributed by atoms with Gasteiger partial charge in [-0.2, -0.15) is 0 Å². The standard InChI is InChI=1S/C17H19FN4O3/c18-11-1-2-12(21-7-5-19-6-8-21)10-9-22(17(25)15(10)11)13-3-4-14(23)20-16(13)24/h1-2,13,19H,3-9H2,(H,20,23,24). The number of nitrogens with one attached hydrogen (secondary N) is 2. The molecule has 3 amide bonds. The van der Waals surface area contributed by atoms with E-state index in [-0.39, 0.29) is 30.9 Å². The molecule has 1 atom stereocenters. The zero-order valence-corrected chi connectivity index (χ0v) is 13.7. The van der Waals surface area contributed by atoms with Gasteiger partial charge in [-0.25, -0.2) is 4.39 Å². The first-order chi connectivity index (χ1) is 12.1. The van der Waals surface area contributed by atoms with E-state index in [9.17, 15) is 18.8 Å². The Morgan fingerprint density at radius 3 is 2.60 bits per heavy atom. The van der Waals surface area contributed by atoms with Gasteiger partial charge in [0.2, 0.25) is 11.8 Å². The van der Waals surface area contributed by atoms with Gasteiger partial charge >= 0.3 is 0 Å². The molecule has 0 saturated carbocycles. The van der Waals surface area contributed by atoms with Gasteiger partial charge in [-0.3, -0.25) is 19.7 Å². The van der Waals surface area contributed by atoms with Crippen LogP contribution in [-0.2, 0) is 16.1 Å². The maximum atomic E-state index is 14.4. The lowest BCUT2D eigenvalue weighted by Gasteiger charge is -2.31. The number of carbonyl (C=O) groups excluding carboxylic acids is 3. The third-order valence-electron chi connectivity index (χ3n) is 5.08. The number of imide groups is 1. The smallest absolute Gasteiger partial charge is 0.258 e. The van der Waals surface area contributed by atoms with E-state index < -0.39 is 23.7 Å². The molecule has 3 aliphatic heterocycles. The summed E-state index contributed by atoms with van der Waals surface area (Å²) in [5.41, 5.74) is 1.54. The van der Waals surface area contributed by atoms with Gasteiger partial charge in [-0.15, -0.1) is 0 Å². The first-order valence-electron chi connectivity index (χ1n) is 8.48. The van der Waals surface area contributed by atoms with Gasteiger partial charge in [0.25, 0.3) is 5.91 Å². The van der Waals surface area contributed by atoms with Gasteiger partial charge < -0.3 is 15.1 Å². The van der Waals surface area contributed by atoms with Crippen molar-refractivity contribution in [2.45, 2.75) is 25.4 Å². The highest BCUT2D eigenvalue weighted by Crippen LogP contribution is 2.35. The number of hydrogen-bond donors (Lipinski definition) is 2. The third kappa shape index (κ3) is 2.66. The fourth-order valence-electron chi connectivity index (χ4n) is 3.82. The van der Waals surface area contributed by atoms with Crippen molar-refractivity contribution in [3.8, 4) is 0 Å². The maximum absolute atomic E-state index is 14.4. The van der Waals surface area contributed by atoms with Gasteiger partial charge in [-0.1, -0.05) is 0 Å². The summed E-state index contributed by atoms with van der Waals surface area (Å²) >= 11 is 0. The highest BCUT2D eigenvalue weighted by molar-refractivity contribution is 6.06. The second kappa shape index (κ2) is 6.11. The minimum absolute atomic E-state index is 0.0562. The van der Waals surface area contributed by atoms with E-state index in [1.165, 1.54) is 11.0 Å². The second-order valence-electron chi connectivity index (χ2n) is 6.56. The molecule has 8 heteroatoms. The summed E-state index contributed by atoms with van der Waals surface area (Å²) in [6.07, 6.45) is 0.457. The van der Waals surface area contributed by atoms with Crippen molar-refractivity contribution in [1.82, 2.24) is 15.5 Å². The molecule has 2 saturated heterocycles. The summed E-state index contributed by atoms with van der Waals surface area (Å²) in [4.78, 5) is 39.8. The Bertz CT molecular complexity index is 761. The van der Waals surface area contributed by atoms with E-state index in [4.69, 9.17) is 0 Å². The summed E-state index contributed by atoms with van der Waals surface area (Å²) in [6.45, 7) is 3.42. The van der Waals surface area contributed by atoms with Crippen LogP contribution in [0.1, 0.15) is 28.8 Å². The number of carbonyl (C=O) groups is 3. The van der Waals surface area contributed by atoms with E-state index in [1.54, 1.807) is 6.07 Å². The number of benzene rings is 1. The Morgan fingerprint density at radius 1 is 1.12 bits per heavy atom. The number of rotatable bonds is 2. The quantitative estimate of drug-likeness (QED) is 0.737. The van der Waals surface area contributed by atoms with Crippen molar-refractivity contribution >= 4 is 23.4 Å². The zero-order valence-electron chi connectivity index (χ0n) is 13.7. The number of fused-ring (bicyclic) bond motifs is 1. The van der Waals surface area contributed by atoms with Crippen molar-refractivity contribution in [2.75, 3.05) is 31.1 Å². The predicted molar refractivity (Wildman–Crippen MR) is 87.5 cm³/mol. The molecule has 1 unspecified atom stereocenters. The molecule has 0 spiro atoms. The number of hydrogen-bond acceptors (Lipinski definition) is 5. The predicted octanol–water partition coefficient (Wildman–Crippen LogP) is -0.00370. The number of piperidine rings is 1. The van der Waals surface area contributed by atoms with Crippen LogP contribution in [0.2, 0.25) is 0 Å². The summed E-state index contributed by atoms with van der Waals surface area (Å²) in [5.74, 6) is -1.85. The maximum Gasteiger partial charge on any atom is 0.258 e. The Balaban J connectivity index is 1.67. The molecular formula is C17H19FN4O3. The van der Waals surface area contributed by atoms with Crippen molar-refractivity contribution in [1.29, 1.82) is 0 Å². The van der Waals surface area contributed by atoms with Crippen LogP contribution >= 0.6 is 0 Å². The Morgan fingerprint density at radius 2 is 1.88 bits per heavy atom. The molecule has 1 aromatic rings. The highest BCUT2D eigenvalue weighted by atomic mass is 19.1. The van der Waals surface area contributed by atoms with Crippen LogP contribution in [0.15, 0.2) is 12.1 Å². The van der Waals surface area contributed by atoms with E-state index in [0.717, 1.165) is 31.9 Å². The summed E-state index contributed by atoms with van der Waals surface area (Å²) in [5, 5.41) is 5.53. The number of nitrogens with zero attached hydrogens (tertiary/aromatic N) is 2. The van der Waals surface area contributed by atoms with Crippen LogP contribution in [0, 0.1) is 5.82 Å². The lowest BCUT2D eigenvalue weighted by Crippen LogP contribution is -2.52. The van der Waals surface area contributed by atoms with Crippen molar-refractivity contribution < 1.29 is 18.8 Å². The van der Waals surface area contributed by atoms with Crippen LogP contribution in [0.25, 0.3) is 0 Å². The van der Waals surface area contributed by atoms with Crippen LogP contribution in [0.3, 0.4) is 0 Å². The first-order valence-corrected chi connectivity index (χ1v) is 8.48. The number of piperazine rings is 1. The monoisotopic (exact) mass is 346 g/mol. The average molecular weight is 346 g/mol. The summed E-state index contributed by atoms with van der Waals surface area (Å²) in [6, 6.07) is 2.30. The molecule has 0 radical (unpaired) electrons. The molecule has 3 heterocycles. The minimum atomic E-state index is -0.729. The van der Waals surface area contributed by atoms with Gasteiger partial charge in [0.05, 0.1) is 5.56 Å². The van der Waals surface area contributed by atoms with Gasteiger partial charge in [0.1, 0.15) is 11.9 Å². The molecule has 1 aromatic carbocycles. The van der Waals surface area contributed by atoms with E-state index in [1.807, 2.05) is 0 Å². The van der Waals surface area contributed by atoms with Crippen LogP contribution in [0.5, 0.6) is 0 Å². The molecular weight excluding hydrogens is 327 g/mol. The van der Waals surface area contributed by atoms with Crippen molar-refractivity contribution in [3.05, 3.63) is 29.1 Å². The van der Waals surface area contributed by atoms with Gasteiger partial charge in [0.15, 0.2) is 0 Å². The molecule has 0 aromatic heterocycles. The third-order valence-corrected chi connectivity index (χ3v) is 5.08. The summed E-state index contributed by atoms with van der Waals surface area (Å²) < 4.78 is 14.4. The van der Waals surface area contributed by atoms with Crippen molar-refractivity contribution in [2.24, 2.45) is 0 Å². The second-order valence-corrected chi connectivity index (χ2v) is 6.56. The Kier molecular flexibility index (Phi) is 3.91. The Hall–Kier alpha value is -2.48. The van der Waals surface area contributed by atoms with Gasteiger partial charge in [0, 0.05) is 50.4 Å². The molecule has 0 bridgehead atoms. The van der Waals surface area contributed by atoms with E-state index >= 15 is 0 Å². The van der Waals surface area contributed by atoms with Crippen molar-refractivity contribution in [3.63, 3.8) is 0 Å². The Labute approximate surface area is 144 Å². The normalized spacial score (nSPS) is 23.7. The lowest BCUT2D eigenvalue weighted by molar-refractivity contribution is -0.136. The molecule has 7 nitrogen and oxygen atoms in total. The molecule has 0 aliphatic carbocycles. The molecule has 132 valence electrons. The minimum Gasteiger partial charge on any atom is -0.369 e. The molecule has 2 fully saturated rings. The summed E-state index contributed by atoms with van der Waals surface area (Å²) in [7, 11) is 0. The SMILES string of the molecule is O=C1CCC(N2Cc3c(N4CCNCC4)ccc(F)c3C2=O)C(=O)N1. The zero-order chi connectivity index (χ0) is 17.6. The largest absolute Gasteiger partial charge is 0.369 e. The molecule has 2 N–H and O–H groups in total. The van der Waals surface area contributed by atoms with Crippen LogP contribution in [0.4, 0.5) is 10.1 Å². The first kappa shape index (κ1) is 16.0. The highest BCUT2D eigenvalue weighted by Gasteiger charge is 2.41. The molecule has 3 aliphatic rings. The topological polar surface area (TPSA) is 81.8 Å². The van der Waals surface area contributed by atoms with Gasteiger partial charge in [-0.05, 0) is 18.6 Å². The molecule has 25 heavy (non-hydrogen) atoms. The van der Waals surface area contributed by atoms with E-state index in [2.05, 4.69) is 15.5 Å². The van der Waals surface area contributed by atoms with E-state index in [0.29, 0.717) is 5.56 Å². The molecule has 4 rings (SSSR count). The lowest BCUT2D eigenvalue weighted by atomic mass is 10.0. The fraction of sp³-hybridized carbons (Fsp3) is 0.471. The number of amides is 3. The fourth-order valence-corrected chi connectivity index (χ4v) is 3.82. The van der Waals surface area contributed by atoms with Crippen LogP contribution in [-0.4, -0.2) is 54.8 Å². The number of anilines is 1. The number of halogens is 1. The average Bonchev–Trinajstić information content (AvgIpc) is 2.94. The van der Waals surface area contributed by atoms with Crippen LogP contribution < -0.4 is 15.5 Å².